The van der Waals surface area contributed by atoms with Crippen LogP contribution in [0, 0.1) is 0 Å². The van der Waals surface area contributed by atoms with Gasteiger partial charge in [-0.05, 0) is 23.8 Å². The van der Waals surface area contributed by atoms with Crippen LogP contribution in [0.2, 0.25) is 5.02 Å². The molecule has 0 unspecified atom stereocenters. The number of aromatic amines is 1. The van der Waals surface area contributed by atoms with E-state index in [0.717, 1.165) is 30.0 Å². The highest BCUT2D eigenvalue weighted by Crippen LogP contribution is 2.29. The third kappa shape index (κ3) is 2.96. The molecule has 1 aromatic heterocycles. The van der Waals surface area contributed by atoms with E-state index in [1.54, 1.807) is 0 Å². The molecule has 1 N–H and O–H groups in total. The maximum Gasteiger partial charge on any atom is 0.236 e. The summed E-state index contributed by atoms with van der Waals surface area (Å²) in [6, 6.07) is 5.95. The third-order valence-corrected chi connectivity index (χ3v) is 4.97. The molecule has 4 rings (SSSR count). The maximum absolute atomic E-state index is 12.4. The second-order valence-electron chi connectivity index (χ2n) is 6.23. The number of rotatable bonds is 2. The van der Waals surface area contributed by atoms with Crippen molar-refractivity contribution < 1.29 is 9.53 Å². The summed E-state index contributed by atoms with van der Waals surface area (Å²) in [6.45, 7) is 4.90. The SMILES string of the molecule is O=C(CN1CCc2[nH]c3ccc(Cl)cc3c2C1)N1CCOCC1. The summed E-state index contributed by atoms with van der Waals surface area (Å²) in [5.74, 6) is 0.203. The van der Waals surface area contributed by atoms with Gasteiger partial charge >= 0.3 is 0 Å². The van der Waals surface area contributed by atoms with Crippen LogP contribution in [0.15, 0.2) is 18.2 Å². The van der Waals surface area contributed by atoms with Gasteiger partial charge in [0.15, 0.2) is 0 Å². The summed E-state index contributed by atoms with van der Waals surface area (Å²) in [4.78, 5) is 20.1. The molecule has 2 aromatic rings. The zero-order valence-electron chi connectivity index (χ0n) is 13.0. The molecule has 2 aliphatic heterocycles. The Morgan fingerprint density at radius 3 is 2.91 bits per heavy atom. The number of carbonyl (C=O) groups is 1. The molecule has 0 saturated carbocycles. The van der Waals surface area contributed by atoms with E-state index >= 15 is 0 Å². The predicted molar refractivity (Wildman–Crippen MR) is 89.7 cm³/mol. The van der Waals surface area contributed by atoms with Gasteiger partial charge in [0, 0.05) is 54.2 Å². The molecule has 6 heteroatoms. The van der Waals surface area contributed by atoms with Gasteiger partial charge in [-0.2, -0.15) is 0 Å². The van der Waals surface area contributed by atoms with E-state index in [0.29, 0.717) is 32.8 Å². The lowest BCUT2D eigenvalue weighted by atomic mass is 10.0. The van der Waals surface area contributed by atoms with Crippen LogP contribution in [-0.4, -0.2) is 60.1 Å². The number of benzene rings is 1. The first kappa shape index (κ1) is 15.0. The molecular weight excluding hydrogens is 314 g/mol. The molecule has 1 saturated heterocycles. The van der Waals surface area contributed by atoms with Gasteiger partial charge in [0.05, 0.1) is 19.8 Å². The standard InChI is InChI=1S/C17H20ClN3O2/c18-12-1-2-15-13(9-12)14-10-20(4-3-16(14)19-15)11-17(22)21-5-7-23-8-6-21/h1-2,9,19H,3-8,10-11H2. The van der Waals surface area contributed by atoms with Crippen molar-refractivity contribution in [1.82, 2.24) is 14.8 Å². The molecular formula is C17H20ClN3O2. The van der Waals surface area contributed by atoms with Crippen LogP contribution in [0.1, 0.15) is 11.3 Å². The fourth-order valence-corrected chi connectivity index (χ4v) is 3.65. The van der Waals surface area contributed by atoms with Crippen molar-refractivity contribution in [3.8, 4) is 0 Å². The third-order valence-electron chi connectivity index (χ3n) is 4.74. The minimum atomic E-state index is 0.203. The van der Waals surface area contributed by atoms with Gasteiger partial charge in [0.2, 0.25) is 5.91 Å². The molecule has 3 heterocycles. The Morgan fingerprint density at radius 2 is 2.09 bits per heavy atom. The maximum atomic E-state index is 12.4. The van der Waals surface area contributed by atoms with Crippen molar-refractivity contribution in [2.45, 2.75) is 13.0 Å². The number of aromatic nitrogens is 1. The van der Waals surface area contributed by atoms with Crippen molar-refractivity contribution >= 4 is 28.4 Å². The fraction of sp³-hybridized carbons (Fsp3) is 0.471. The number of halogens is 1. The quantitative estimate of drug-likeness (QED) is 0.915. The van der Waals surface area contributed by atoms with E-state index in [4.69, 9.17) is 16.3 Å². The second-order valence-corrected chi connectivity index (χ2v) is 6.66. The van der Waals surface area contributed by atoms with E-state index in [2.05, 4.69) is 9.88 Å². The number of H-pyrrole nitrogens is 1. The molecule has 1 amide bonds. The predicted octanol–water partition coefficient (Wildman–Crippen LogP) is 2.04. The average molecular weight is 334 g/mol. The number of carbonyl (C=O) groups excluding carboxylic acids is 1. The molecule has 1 aromatic carbocycles. The molecule has 0 bridgehead atoms. The van der Waals surface area contributed by atoms with Gasteiger partial charge in [-0.1, -0.05) is 11.6 Å². The highest BCUT2D eigenvalue weighted by atomic mass is 35.5. The summed E-state index contributed by atoms with van der Waals surface area (Å²) in [5, 5.41) is 1.93. The van der Waals surface area contributed by atoms with Crippen LogP contribution < -0.4 is 0 Å². The van der Waals surface area contributed by atoms with Crippen molar-refractivity contribution in [3.05, 3.63) is 34.5 Å². The Bertz CT molecular complexity index is 737. The Balaban J connectivity index is 1.50. The van der Waals surface area contributed by atoms with Gasteiger partial charge in [-0.15, -0.1) is 0 Å². The largest absolute Gasteiger partial charge is 0.378 e. The Morgan fingerprint density at radius 1 is 1.26 bits per heavy atom. The zero-order valence-corrected chi connectivity index (χ0v) is 13.7. The zero-order chi connectivity index (χ0) is 15.8. The summed E-state index contributed by atoms with van der Waals surface area (Å²) in [5.41, 5.74) is 3.68. The van der Waals surface area contributed by atoms with Crippen LogP contribution >= 0.6 is 11.6 Å². The van der Waals surface area contributed by atoms with Gasteiger partial charge in [-0.3, -0.25) is 9.69 Å². The lowest BCUT2D eigenvalue weighted by Crippen LogP contribution is -2.46. The van der Waals surface area contributed by atoms with Crippen molar-refractivity contribution in [2.24, 2.45) is 0 Å². The summed E-state index contributed by atoms with van der Waals surface area (Å²) in [6.07, 6.45) is 0.942. The number of amides is 1. The van der Waals surface area contributed by atoms with Crippen LogP contribution in [0.5, 0.6) is 0 Å². The highest BCUT2D eigenvalue weighted by Gasteiger charge is 2.24. The van der Waals surface area contributed by atoms with Gasteiger partial charge < -0.3 is 14.6 Å². The number of ether oxygens (including phenoxy) is 1. The van der Waals surface area contributed by atoms with E-state index in [9.17, 15) is 4.79 Å². The smallest absolute Gasteiger partial charge is 0.236 e. The molecule has 2 aliphatic rings. The molecule has 0 aliphatic carbocycles. The minimum absolute atomic E-state index is 0.203. The molecule has 0 atom stereocenters. The molecule has 0 spiro atoms. The lowest BCUT2D eigenvalue weighted by molar-refractivity contribution is -0.136. The number of morpholine rings is 1. The Hall–Kier alpha value is -1.56. The molecule has 23 heavy (non-hydrogen) atoms. The Labute approximate surface area is 140 Å². The van der Waals surface area contributed by atoms with E-state index in [1.165, 1.54) is 16.6 Å². The van der Waals surface area contributed by atoms with E-state index in [-0.39, 0.29) is 5.91 Å². The van der Waals surface area contributed by atoms with Gasteiger partial charge in [0.1, 0.15) is 0 Å². The van der Waals surface area contributed by atoms with Crippen LogP contribution in [0.3, 0.4) is 0 Å². The number of nitrogens with one attached hydrogen (secondary N) is 1. The molecule has 0 radical (unpaired) electrons. The van der Waals surface area contributed by atoms with Crippen molar-refractivity contribution in [1.29, 1.82) is 0 Å². The monoisotopic (exact) mass is 333 g/mol. The average Bonchev–Trinajstić information content (AvgIpc) is 2.93. The topological polar surface area (TPSA) is 48.6 Å². The van der Waals surface area contributed by atoms with Crippen molar-refractivity contribution in [2.75, 3.05) is 39.4 Å². The number of fused-ring (bicyclic) bond motifs is 3. The highest BCUT2D eigenvalue weighted by molar-refractivity contribution is 6.31. The Kier molecular flexibility index (Phi) is 4.01. The van der Waals surface area contributed by atoms with Crippen LogP contribution in [0.4, 0.5) is 0 Å². The number of hydrogen-bond acceptors (Lipinski definition) is 3. The summed E-state index contributed by atoms with van der Waals surface area (Å²) in [7, 11) is 0. The first-order valence-corrected chi connectivity index (χ1v) is 8.45. The fourth-order valence-electron chi connectivity index (χ4n) is 3.48. The summed E-state index contributed by atoms with van der Waals surface area (Å²) < 4.78 is 5.31. The normalized spacial score (nSPS) is 19.1. The van der Waals surface area contributed by atoms with E-state index in [1.807, 2.05) is 23.1 Å². The molecule has 5 nitrogen and oxygen atoms in total. The molecule has 122 valence electrons. The van der Waals surface area contributed by atoms with Crippen LogP contribution in [0.25, 0.3) is 10.9 Å². The number of nitrogens with zero attached hydrogens (tertiary/aromatic N) is 2. The lowest BCUT2D eigenvalue weighted by Gasteiger charge is -2.31. The minimum Gasteiger partial charge on any atom is -0.378 e. The van der Waals surface area contributed by atoms with Gasteiger partial charge in [-0.25, -0.2) is 0 Å². The first-order chi connectivity index (χ1) is 11.2. The molecule has 1 fully saturated rings. The summed E-state index contributed by atoms with van der Waals surface area (Å²) >= 11 is 6.14. The number of hydrogen-bond donors (Lipinski definition) is 1. The van der Waals surface area contributed by atoms with Crippen LogP contribution in [-0.2, 0) is 22.5 Å². The van der Waals surface area contributed by atoms with E-state index < -0.39 is 0 Å². The first-order valence-electron chi connectivity index (χ1n) is 8.07. The second kappa shape index (κ2) is 6.15. The van der Waals surface area contributed by atoms with Crippen molar-refractivity contribution in [3.63, 3.8) is 0 Å². The van der Waals surface area contributed by atoms with Gasteiger partial charge in [0.25, 0.3) is 0 Å².